The van der Waals surface area contributed by atoms with Crippen LogP contribution in [0.1, 0.15) is 17.5 Å². The number of rotatable bonds is 8. The number of halogens is 6. The Kier molecular flexibility index (Phi) is 7.80. The number of benzene rings is 2. The molecule has 1 heterocycles. The van der Waals surface area contributed by atoms with Gasteiger partial charge in [0.1, 0.15) is 0 Å². The van der Waals surface area contributed by atoms with E-state index in [1.165, 1.54) is 30.3 Å². The number of hydrogen-bond acceptors (Lipinski definition) is 5. The number of aliphatic imine (C=N–C) groups is 1. The molecule has 1 amide bonds. The van der Waals surface area contributed by atoms with Crippen molar-refractivity contribution in [1.82, 2.24) is 5.43 Å². The third-order valence-corrected chi connectivity index (χ3v) is 5.85. The molecule has 2 aromatic rings. The number of anilines is 1. The van der Waals surface area contributed by atoms with Crippen LogP contribution < -0.4 is 10.9 Å². The van der Waals surface area contributed by atoms with E-state index in [4.69, 9.17) is 39.6 Å². The molecule has 0 aromatic heterocycles. The first-order valence-electron chi connectivity index (χ1n) is 9.70. The van der Waals surface area contributed by atoms with Gasteiger partial charge in [0.25, 0.3) is 5.60 Å². The fraction of sp³-hybridized carbons (Fsp3) is 0.227. The van der Waals surface area contributed by atoms with Gasteiger partial charge in [-0.25, -0.2) is 0 Å². The van der Waals surface area contributed by atoms with Gasteiger partial charge in [0.05, 0.1) is 28.9 Å². The van der Waals surface area contributed by atoms with E-state index in [2.05, 4.69) is 34.3 Å². The molecule has 180 valence electrons. The minimum absolute atomic E-state index is 0.0132. The van der Waals surface area contributed by atoms with Crippen LogP contribution in [-0.2, 0) is 15.2 Å². The molecule has 1 aliphatic rings. The number of carbonyl (C=O) groups is 1. The second-order valence-electron chi connectivity index (χ2n) is 7.35. The van der Waals surface area contributed by atoms with Crippen LogP contribution in [0.5, 0.6) is 0 Å². The topological polar surface area (TPSA) is 75.1 Å². The minimum atomic E-state index is -4.83. The molecule has 2 aromatic carbocycles. The van der Waals surface area contributed by atoms with Crippen molar-refractivity contribution in [3.8, 4) is 0 Å². The Balaban J connectivity index is 1.86. The van der Waals surface area contributed by atoms with Gasteiger partial charge in [-0.3, -0.25) is 20.6 Å². The summed E-state index contributed by atoms with van der Waals surface area (Å²) in [5.41, 5.74) is 2.61. The number of carbonyl (C=O) groups excluding carboxylic acids is 1. The molecule has 0 saturated carbocycles. The first-order chi connectivity index (χ1) is 16.0. The lowest BCUT2D eigenvalue weighted by Crippen LogP contribution is -2.42. The fourth-order valence-electron chi connectivity index (χ4n) is 3.27. The van der Waals surface area contributed by atoms with Gasteiger partial charge < -0.3 is 4.84 Å². The number of hydrazine groups is 1. The van der Waals surface area contributed by atoms with Crippen molar-refractivity contribution >= 4 is 58.8 Å². The van der Waals surface area contributed by atoms with E-state index >= 15 is 0 Å². The zero-order chi connectivity index (χ0) is 25.1. The average Bonchev–Trinajstić information content (AvgIpc) is 3.23. The van der Waals surface area contributed by atoms with Crippen LogP contribution in [-0.4, -0.2) is 31.1 Å². The molecule has 6 nitrogen and oxygen atoms in total. The fourth-order valence-corrected chi connectivity index (χ4v) is 3.96. The Hall–Kier alpha value is -2.75. The Morgan fingerprint density at radius 1 is 1.24 bits per heavy atom. The van der Waals surface area contributed by atoms with Crippen molar-refractivity contribution in [3.63, 3.8) is 0 Å². The van der Waals surface area contributed by atoms with Crippen molar-refractivity contribution < 1.29 is 22.8 Å². The molecule has 2 unspecified atom stereocenters. The number of hydrogen-bond donors (Lipinski definition) is 2. The molecule has 2 N–H and O–H groups in total. The van der Waals surface area contributed by atoms with Crippen molar-refractivity contribution in [3.05, 3.63) is 75.2 Å². The standard InChI is InChI=1S/C22H18Cl3F3N4O2/c1-3-12(11-29-2)20(33)31-30-18-6-13(4-5-17(18)25)19-10-21(34-32-19,22(26,27)28)14-7-15(23)9-16(24)8-14/h3-9,12,30H,1-2,10-11H2,(H,31,33). The van der Waals surface area contributed by atoms with E-state index in [0.717, 1.165) is 12.1 Å². The molecular weight excluding hydrogens is 516 g/mol. The van der Waals surface area contributed by atoms with Crippen LogP contribution in [0.25, 0.3) is 0 Å². The number of nitrogens with zero attached hydrogens (tertiary/aromatic N) is 2. The molecule has 0 fully saturated rings. The Morgan fingerprint density at radius 2 is 1.91 bits per heavy atom. The molecule has 34 heavy (non-hydrogen) atoms. The summed E-state index contributed by atoms with van der Waals surface area (Å²) in [5.74, 6) is -1.07. The summed E-state index contributed by atoms with van der Waals surface area (Å²) in [6, 6.07) is 7.98. The summed E-state index contributed by atoms with van der Waals surface area (Å²) in [5, 5.41) is 3.98. The van der Waals surface area contributed by atoms with Crippen LogP contribution in [0, 0.1) is 5.92 Å². The lowest BCUT2D eigenvalue weighted by Gasteiger charge is -2.29. The normalized spacial score (nSPS) is 18.5. The Bertz CT molecular complexity index is 1140. The maximum absolute atomic E-state index is 14.2. The van der Waals surface area contributed by atoms with Gasteiger partial charge in [0.2, 0.25) is 5.91 Å². The van der Waals surface area contributed by atoms with Gasteiger partial charge in [0, 0.05) is 27.6 Å². The van der Waals surface area contributed by atoms with E-state index < -0.39 is 30.0 Å². The molecule has 1 aliphatic heterocycles. The summed E-state index contributed by atoms with van der Waals surface area (Å²) >= 11 is 18.0. The highest BCUT2D eigenvalue weighted by molar-refractivity contribution is 6.34. The number of nitrogens with one attached hydrogen (secondary N) is 2. The highest BCUT2D eigenvalue weighted by atomic mass is 35.5. The second kappa shape index (κ2) is 10.2. The van der Waals surface area contributed by atoms with E-state index in [-0.39, 0.29) is 38.6 Å². The van der Waals surface area contributed by atoms with Crippen LogP contribution in [0.3, 0.4) is 0 Å². The van der Waals surface area contributed by atoms with E-state index in [1.807, 2.05) is 0 Å². The van der Waals surface area contributed by atoms with Crippen LogP contribution in [0.15, 0.2) is 59.2 Å². The zero-order valence-corrected chi connectivity index (χ0v) is 19.7. The van der Waals surface area contributed by atoms with Crippen molar-refractivity contribution in [2.24, 2.45) is 16.1 Å². The van der Waals surface area contributed by atoms with Gasteiger partial charge >= 0.3 is 6.18 Å². The Morgan fingerprint density at radius 3 is 2.50 bits per heavy atom. The molecule has 0 aliphatic carbocycles. The molecule has 0 saturated heterocycles. The summed E-state index contributed by atoms with van der Waals surface area (Å²) in [4.78, 5) is 20.9. The monoisotopic (exact) mass is 532 g/mol. The summed E-state index contributed by atoms with van der Waals surface area (Å²) in [6.07, 6.45) is -4.05. The number of oxime groups is 1. The predicted octanol–water partition coefficient (Wildman–Crippen LogP) is 6.17. The van der Waals surface area contributed by atoms with Crippen LogP contribution in [0.4, 0.5) is 18.9 Å². The lowest BCUT2D eigenvalue weighted by molar-refractivity contribution is -0.275. The summed E-state index contributed by atoms with van der Waals surface area (Å²) in [6.45, 7) is 7.04. The Labute approximate surface area is 208 Å². The maximum atomic E-state index is 14.2. The maximum Gasteiger partial charge on any atom is 0.435 e. The highest BCUT2D eigenvalue weighted by Gasteiger charge is 2.62. The van der Waals surface area contributed by atoms with Crippen molar-refractivity contribution in [2.45, 2.75) is 18.2 Å². The minimum Gasteiger partial charge on any atom is -0.374 e. The van der Waals surface area contributed by atoms with Crippen molar-refractivity contribution in [2.75, 3.05) is 12.0 Å². The smallest absolute Gasteiger partial charge is 0.374 e. The highest BCUT2D eigenvalue weighted by Crippen LogP contribution is 2.49. The number of amides is 1. The van der Waals surface area contributed by atoms with Crippen LogP contribution in [0.2, 0.25) is 15.1 Å². The average molecular weight is 534 g/mol. The molecule has 0 bridgehead atoms. The molecule has 3 rings (SSSR count). The van der Waals surface area contributed by atoms with E-state index in [9.17, 15) is 18.0 Å². The molecule has 12 heteroatoms. The number of alkyl halides is 3. The largest absolute Gasteiger partial charge is 0.435 e. The van der Waals surface area contributed by atoms with Gasteiger partial charge in [-0.1, -0.05) is 52.1 Å². The predicted molar refractivity (Wildman–Crippen MR) is 128 cm³/mol. The van der Waals surface area contributed by atoms with Gasteiger partial charge in [0.15, 0.2) is 0 Å². The second-order valence-corrected chi connectivity index (χ2v) is 8.63. The molecular formula is C22H18Cl3F3N4O2. The van der Waals surface area contributed by atoms with Crippen LogP contribution >= 0.6 is 34.8 Å². The van der Waals surface area contributed by atoms with Gasteiger partial charge in [-0.15, -0.1) is 6.58 Å². The van der Waals surface area contributed by atoms with E-state index in [1.54, 1.807) is 0 Å². The third kappa shape index (κ3) is 5.32. The molecule has 0 radical (unpaired) electrons. The summed E-state index contributed by atoms with van der Waals surface area (Å²) < 4.78 is 42.6. The third-order valence-electron chi connectivity index (χ3n) is 5.08. The first kappa shape index (κ1) is 25.9. The quantitative estimate of drug-likeness (QED) is 0.242. The van der Waals surface area contributed by atoms with E-state index in [0.29, 0.717) is 5.56 Å². The SMILES string of the molecule is C=CC(CN=C)C(=O)NNc1cc(C2=NOC(c3cc(Cl)cc(Cl)c3)(C(F)(F)F)C2)ccc1Cl. The summed E-state index contributed by atoms with van der Waals surface area (Å²) in [7, 11) is 0. The van der Waals surface area contributed by atoms with Gasteiger partial charge in [-0.2, -0.15) is 13.2 Å². The lowest BCUT2D eigenvalue weighted by atomic mass is 9.86. The zero-order valence-electron chi connectivity index (χ0n) is 17.4. The molecule has 2 atom stereocenters. The first-order valence-corrected chi connectivity index (χ1v) is 10.8. The van der Waals surface area contributed by atoms with Gasteiger partial charge in [-0.05, 0) is 37.0 Å². The molecule has 0 spiro atoms. The van der Waals surface area contributed by atoms with Crippen molar-refractivity contribution in [1.29, 1.82) is 0 Å².